The van der Waals surface area contributed by atoms with Gasteiger partial charge in [-0.3, -0.25) is 0 Å². The Balaban J connectivity index is 2.00. The van der Waals surface area contributed by atoms with Gasteiger partial charge in [-0.1, -0.05) is 0 Å². The van der Waals surface area contributed by atoms with Gasteiger partial charge in [0, 0.05) is 0 Å². The van der Waals surface area contributed by atoms with E-state index in [0.29, 0.717) is 25.0 Å². The molecular weight excluding hydrogens is 371 g/mol. The summed E-state index contributed by atoms with van der Waals surface area (Å²) in [6.07, 6.45) is 0.0152. The van der Waals surface area contributed by atoms with E-state index in [4.69, 9.17) is 4.74 Å². The molecule has 0 aliphatic carbocycles. The number of benzene rings is 2. The van der Waals surface area contributed by atoms with Gasteiger partial charge in [-0.15, -0.1) is 0 Å². The van der Waals surface area contributed by atoms with Crippen molar-refractivity contribution in [1.29, 1.82) is 0 Å². The second-order valence-electron chi connectivity index (χ2n) is 7.20. The molecule has 1 saturated heterocycles. The van der Waals surface area contributed by atoms with Crippen molar-refractivity contribution in [2.24, 2.45) is 0 Å². The number of ether oxygens (including phenoxy) is 1. The Kier molecular flexibility index (Phi) is 6.07. The predicted octanol–water partition coefficient (Wildman–Crippen LogP) is 4.58. The normalized spacial score (nSPS) is 16.7. The van der Waals surface area contributed by atoms with E-state index in [2.05, 4.69) is 6.58 Å². The Morgan fingerprint density at radius 1 is 1.00 bits per heavy atom. The van der Waals surface area contributed by atoms with Crippen molar-refractivity contribution in [2.45, 2.75) is 27.2 Å². The van der Waals surface area contributed by atoms with Crippen molar-refractivity contribution < 1.29 is 14.4 Å². The van der Waals surface area contributed by atoms with Crippen molar-refractivity contribution in [3.05, 3.63) is 71.6 Å². The van der Waals surface area contributed by atoms with Crippen LogP contribution in [0.1, 0.15) is 24.5 Å². The number of carbonyl (C=O) groups is 1. The van der Waals surface area contributed by atoms with Gasteiger partial charge in [-0.2, -0.15) is 0 Å². The maximum absolute atomic E-state index is 12.1. The van der Waals surface area contributed by atoms with Crippen molar-refractivity contribution in [1.82, 2.24) is 0 Å². The number of esters is 1. The van der Waals surface area contributed by atoms with E-state index in [-0.39, 0.29) is 12.4 Å². The maximum atomic E-state index is 12.1. The predicted molar refractivity (Wildman–Crippen MR) is 118 cm³/mol. The molecule has 6 heteroatoms. The van der Waals surface area contributed by atoms with E-state index in [1.54, 1.807) is 6.92 Å². The molecule has 0 saturated carbocycles. The van der Waals surface area contributed by atoms with Crippen LogP contribution < -0.4 is 9.34 Å². The van der Waals surface area contributed by atoms with Crippen molar-refractivity contribution in [3.63, 3.8) is 0 Å². The molecule has 1 fully saturated rings. The molecule has 0 aromatic heterocycles. The number of hydrogen-bond donors (Lipinski definition) is 1. The molecule has 0 amide bonds. The second kappa shape index (κ2) is 8.34. The summed E-state index contributed by atoms with van der Waals surface area (Å²) >= 11 is 0. The molecule has 28 heavy (non-hydrogen) atoms. The van der Waals surface area contributed by atoms with Gasteiger partial charge in [0.1, 0.15) is 0 Å². The Morgan fingerprint density at radius 3 is 1.82 bits per heavy atom. The van der Waals surface area contributed by atoms with Gasteiger partial charge in [0.15, 0.2) is 0 Å². The molecule has 3 rings (SSSR count). The molecule has 2 aromatic rings. The Hall–Kier alpha value is -2.36. The molecule has 1 aliphatic rings. The fourth-order valence-corrected chi connectivity index (χ4v) is 6.89. The van der Waals surface area contributed by atoms with E-state index in [9.17, 15) is 9.69 Å². The number of anilines is 2. The van der Waals surface area contributed by atoms with Crippen molar-refractivity contribution >= 4 is 25.1 Å². The van der Waals surface area contributed by atoms with Crippen LogP contribution in [0.25, 0.3) is 0 Å². The van der Waals surface area contributed by atoms with Crippen LogP contribution in [0.5, 0.6) is 0 Å². The van der Waals surface area contributed by atoms with Crippen LogP contribution in [-0.4, -0.2) is 30.6 Å². The first-order chi connectivity index (χ1) is 13.4. The molecule has 1 heterocycles. The van der Waals surface area contributed by atoms with E-state index < -0.39 is 7.79 Å². The summed E-state index contributed by atoms with van der Waals surface area (Å²) in [5.41, 5.74) is 4.21. The van der Waals surface area contributed by atoms with Gasteiger partial charge in [0.2, 0.25) is 0 Å². The Morgan fingerprint density at radius 2 is 1.43 bits per heavy atom. The van der Waals surface area contributed by atoms with Crippen LogP contribution in [-0.2, 0) is 9.53 Å². The quantitative estimate of drug-likeness (QED) is 0.568. The first-order valence-electron chi connectivity index (χ1n) is 9.61. The molecule has 0 bridgehead atoms. The average Bonchev–Trinajstić information content (AvgIpc) is 3.02. The summed E-state index contributed by atoms with van der Waals surface area (Å²) in [5, 5.41) is 0.532. The van der Waals surface area contributed by atoms with Gasteiger partial charge in [-0.25, -0.2) is 0 Å². The van der Waals surface area contributed by atoms with Crippen LogP contribution in [0.3, 0.4) is 0 Å². The molecule has 0 unspecified atom stereocenters. The Labute approximate surface area is 167 Å². The molecular formula is C22H29N2O3P. The molecule has 150 valence electrons. The van der Waals surface area contributed by atoms with Crippen LogP contribution in [0.2, 0.25) is 0 Å². The average molecular weight is 400 g/mol. The van der Waals surface area contributed by atoms with Crippen molar-refractivity contribution in [2.75, 3.05) is 29.0 Å². The van der Waals surface area contributed by atoms with Crippen molar-refractivity contribution in [3.8, 4) is 0 Å². The van der Waals surface area contributed by atoms with E-state index in [0.717, 1.165) is 22.5 Å². The first kappa shape index (κ1) is 20.4. The molecule has 5 nitrogen and oxygen atoms in total. The van der Waals surface area contributed by atoms with E-state index >= 15 is 0 Å². The third-order valence-electron chi connectivity index (χ3n) is 5.13. The zero-order valence-electron chi connectivity index (χ0n) is 16.8. The summed E-state index contributed by atoms with van der Waals surface area (Å²) in [7, 11) is -3.39. The third-order valence-corrected chi connectivity index (χ3v) is 8.72. The summed E-state index contributed by atoms with van der Waals surface area (Å²) in [4.78, 5) is 24.1. The number of rotatable bonds is 6. The summed E-state index contributed by atoms with van der Waals surface area (Å²) in [6.45, 7) is 11.6. The number of aryl methyl sites for hydroxylation is 2. The van der Waals surface area contributed by atoms with E-state index in [1.165, 1.54) is 0 Å². The topological polar surface area (TPSA) is 53.0 Å². The molecule has 0 radical (unpaired) electrons. The molecule has 0 spiro atoms. The van der Waals surface area contributed by atoms with Crippen LogP contribution >= 0.6 is 7.79 Å². The van der Waals surface area contributed by atoms with Gasteiger partial charge < -0.3 is 0 Å². The molecule has 0 atom stereocenters. The minimum absolute atomic E-state index is 0.0152. The molecule has 1 aliphatic heterocycles. The zero-order valence-corrected chi connectivity index (χ0v) is 17.8. The van der Waals surface area contributed by atoms with Gasteiger partial charge in [-0.05, 0) is 0 Å². The third kappa shape index (κ3) is 3.91. The standard InChI is InChI=1S/C22H29N2O3P/c1-5-27-22(25)16-19(4)28(26)23(20-10-6-17(2)7-11-20)14-15-24(28)21-12-8-18(3)9-13-21/h6-13,26,28H,4-5,14-16H2,1-3H3. The SMILES string of the molecule is C=C(CC(=O)OCC)[PH]1(O)N(c2ccc(C)cc2)CCN1c1ccc(C)cc1. The van der Waals surface area contributed by atoms with Crippen LogP contribution in [0.4, 0.5) is 11.4 Å². The van der Waals surface area contributed by atoms with Gasteiger partial charge >= 0.3 is 167 Å². The fraction of sp³-hybridized carbons (Fsp3) is 0.318. The first-order valence-corrected chi connectivity index (χ1v) is 11.4. The number of nitrogens with zero attached hydrogens (tertiary/aromatic N) is 2. The van der Waals surface area contributed by atoms with E-state index in [1.807, 2.05) is 71.7 Å². The number of hydrogen-bond acceptors (Lipinski definition) is 5. The van der Waals surface area contributed by atoms with Crippen LogP contribution in [0.15, 0.2) is 60.4 Å². The van der Waals surface area contributed by atoms with Gasteiger partial charge in [0.25, 0.3) is 0 Å². The minimum atomic E-state index is -3.39. The van der Waals surface area contributed by atoms with Crippen LogP contribution in [0, 0.1) is 13.8 Å². The number of carbonyl (C=O) groups excluding carboxylic acids is 1. The summed E-state index contributed by atoms with van der Waals surface area (Å²) in [6, 6.07) is 16.2. The zero-order chi connectivity index (χ0) is 20.3. The molecule has 2 aromatic carbocycles. The fourth-order valence-electron chi connectivity index (χ4n) is 3.61. The second-order valence-corrected chi connectivity index (χ2v) is 10.3. The monoisotopic (exact) mass is 400 g/mol. The van der Waals surface area contributed by atoms with Gasteiger partial charge in [0.05, 0.1) is 0 Å². The molecule has 1 N–H and O–H groups in total. The summed E-state index contributed by atoms with van der Waals surface area (Å²) < 4.78 is 9.18. The Bertz CT molecular complexity index is 796. The summed E-state index contributed by atoms with van der Waals surface area (Å²) in [5.74, 6) is -0.354.